The van der Waals surface area contributed by atoms with Crippen molar-refractivity contribution in [1.82, 2.24) is 14.8 Å². The molecule has 0 bridgehead atoms. The molecule has 1 N–H and O–H groups in total. The van der Waals surface area contributed by atoms with Crippen molar-refractivity contribution in [3.8, 4) is 0 Å². The molecule has 0 aliphatic carbocycles. The van der Waals surface area contributed by atoms with E-state index in [9.17, 15) is 4.79 Å². The summed E-state index contributed by atoms with van der Waals surface area (Å²) in [6.45, 7) is 9.38. The molecule has 0 radical (unpaired) electrons. The fourth-order valence-corrected chi connectivity index (χ4v) is 3.85. The fraction of sp³-hybridized carbons (Fsp3) is 0.421. The molecule has 0 aliphatic heterocycles. The van der Waals surface area contributed by atoms with Gasteiger partial charge in [-0.05, 0) is 43.9 Å². The molecule has 3 rings (SSSR count). The van der Waals surface area contributed by atoms with Crippen LogP contribution in [0.1, 0.15) is 37.2 Å². The Kier molecular flexibility index (Phi) is 5.18. The number of hydrogen-bond donors (Lipinski definition) is 1. The summed E-state index contributed by atoms with van der Waals surface area (Å²) >= 11 is 1.50. The van der Waals surface area contributed by atoms with Gasteiger partial charge in [0.05, 0.1) is 15.9 Å². The Morgan fingerprint density at radius 1 is 1.28 bits per heavy atom. The number of carbonyl (C=O) groups excluding carboxylic acids is 1. The molecule has 0 atom stereocenters. The smallest absolute Gasteiger partial charge is 0.226 e. The standard InChI is InChI=1S/C19H24N4OS/c1-12(2)11-23-14(4)15(13(3)22-23)9-10-18(24)21-19-20-16-7-5-6-8-17(16)25-19/h5-8,12H,9-11H2,1-4H3,(H,20,21,24). The van der Waals surface area contributed by atoms with Gasteiger partial charge in [0.2, 0.25) is 5.91 Å². The van der Waals surface area contributed by atoms with Gasteiger partial charge >= 0.3 is 0 Å². The van der Waals surface area contributed by atoms with Crippen LogP contribution in [-0.2, 0) is 17.8 Å². The highest BCUT2D eigenvalue weighted by atomic mass is 32.1. The highest BCUT2D eigenvalue weighted by Crippen LogP contribution is 2.25. The second-order valence-corrected chi connectivity index (χ2v) is 7.79. The molecule has 3 aromatic rings. The topological polar surface area (TPSA) is 59.8 Å². The second kappa shape index (κ2) is 7.35. The van der Waals surface area contributed by atoms with Crippen molar-refractivity contribution in [2.75, 3.05) is 5.32 Å². The molecule has 6 heteroatoms. The Balaban J connectivity index is 1.63. The van der Waals surface area contributed by atoms with Crippen LogP contribution in [-0.4, -0.2) is 20.7 Å². The van der Waals surface area contributed by atoms with Crippen LogP contribution in [0, 0.1) is 19.8 Å². The summed E-state index contributed by atoms with van der Waals surface area (Å²) in [6, 6.07) is 7.90. The summed E-state index contributed by atoms with van der Waals surface area (Å²) in [4.78, 5) is 16.7. The number of amides is 1. The van der Waals surface area contributed by atoms with Crippen molar-refractivity contribution in [1.29, 1.82) is 0 Å². The van der Waals surface area contributed by atoms with Crippen LogP contribution >= 0.6 is 11.3 Å². The first-order valence-electron chi connectivity index (χ1n) is 8.62. The summed E-state index contributed by atoms with van der Waals surface area (Å²) in [6.07, 6.45) is 1.14. The Labute approximate surface area is 152 Å². The fourth-order valence-electron chi connectivity index (χ4n) is 2.97. The van der Waals surface area contributed by atoms with Crippen LogP contribution in [0.3, 0.4) is 0 Å². The number of nitrogens with one attached hydrogen (secondary N) is 1. The number of rotatable bonds is 6. The first kappa shape index (κ1) is 17.6. The summed E-state index contributed by atoms with van der Waals surface area (Å²) in [5.74, 6) is 0.544. The minimum atomic E-state index is -0.00512. The average molecular weight is 356 g/mol. The number of fused-ring (bicyclic) bond motifs is 1. The molecular formula is C19H24N4OS. The lowest BCUT2D eigenvalue weighted by molar-refractivity contribution is -0.116. The lowest BCUT2D eigenvalue weighted by Crippen LogP contribution is -2.12. The SMILES string of the molecule is Cc1nn(CC(C)C)c(C)c1CCC(=O)Nc1nc2ccccc2s1. The van der Waals surface area contributed by atoms with Crippen LogP contribution < -0.4 is 5.32 Å². The van der Waals surface area contributed by atoms with E-state index in [0.717, 1.165) is 22.5 Å². The van der Waals surface area contributed by atoms with Crippen LogP contribution in [0.5, 0.6) is 0 Å². The zero-order chi connectivity index (χ0) is 18.0. The molecule has 0 saturated heterocycles. The van der Waals surface area contributed by atoms with Gasteiger partial charge < -0.3 is 5.32 Å². The van der Waals surface area contributed by atoms with Gasteiger partial charge in [-0.25, -0.2) is 4.98 Å². The number of hydrogen-bond acceptors (Lipinski definition) is 4. The lowest BCUT2D eigenvalue weighted by atomic mass is 10.1. The van der Waals surface area contributed by atoms with Crippen molar-refractivity contribution in [3.63, 3.8) is 0 Å². The Bertz CT molecular complexity index is 861. The molecule has 0 aliphatic rings. The number of aryl methyl sites for hydroxylation is 1. The van der Waals surface area contributed by atoms with Crippen molar-refractivity contribution in [2.24, 2.45) is 5.92 Å². The largest absolute Gasteiger partial charge is 0.302 e. The third-order valence-corrected chi connectivity index (χ3v) is 5.16. The van der Waals surface area contributed by atoms with Gasteiger partial charge in [-0.2, -0.15) is 5.10 Å². The summed E-state index contributed by atoms with van der Waals surface area (Å²) in [5, 5.41) is 8.20. The van der Waals surface area contributed by atoms with E-state index in [0.29, 0.717) is 23.9 Å². The van der Waals surface area contributed by atoms with Crippen molar-refractivity contribution in [3.05, 3.63) is 41.2 Å². The number of para-hydroxylation sites is 1. The molecule has 25 heavy (non-hydrogen) atoms. The Morgan fingerprint density at radius 3 is 2.76 bits per heavy atom. The van der Waals surface area contributed by atoms with Gasteiger partial charge in [0.15, 0.2) is 5.13 Å². The number of aromatic nitrogens is 3. The molecule has 132 valence electrons. The van der Waals surface area contributed by atoms with Crippen molar-refractivity contribution >= 4 is 32.6 Å². The maximum absolute atomic E-state index is 12.3. The van der Waals surface area contributed by atoms with E-state index in [1.54, 1.807) is 0 Å². The second-order valence-electron chi connectivity index (χ2n) is 6.76. The normalized spacial score (nSPS) is 11.4. The monoisotopic (exact) mass is 356 g/mol. The van der Waals surface area contributed by atoms with E-state index >= 15 is 0 Å². The van der Waals surface area contributed by atoms with Crippen molar-refractivity contribution in [2.45, 2.75) is 47.1 Å². The van der Waals surface area contributed by atoms with Crippen LogP contribution in [0.25, 0.3) is 10.2 Å². The Hall–Kier alpha value is -2.21. The van der Waals surface area contributed by atoms with Gasteiger partial charge in [0, 0.05) is 18.7 Å². The zero-order valence-corrected chi connectivity index (χ0v) is 16.0. The van der Waals surface area contributed by atoms with Crippen LogP contribution in [0.4, 0.5) is 5.13 Å². The molecule has 1 amide bonds. The van der Waals surface area contributed by atoms with E-state index in [-0.39, 0.29) is 5.91 Å². The van der Waals surface area contributed by atoms with Crippen molar-refractivity contribution < 1.29 is 4.79 Å². The predicted octanol–water partition coefficient (Wildman–Crippen LogP) is 4.34. The number of thiazole rings is 1. The molecule has 0 spiro atoms. The first-order valence-corrected chi connectivity index (χ1v) is 9.44. The van der Waals surface area contributed by atoms with Gasteiger partial charge in [0.25, 0.3) is 0 Å². The third-order valence-electron chi connectivity index (χ3n) is 4.21. The van der Waals surface area contributed by atoms with Gasteiger partial charge in [-0.3, -0.25) is 9.48 Å². The van der Waals surface area contributed by atoms with Gasteiger partial charge in [-0.1, -0.05) is 37.3 Å². The van der Waals surface area contributed by atoms with E-state index in [4.69, 9.17) is 0 Å². The predicted molar refractivity (Wildman–Crippen MR) is 103 cm³/mol. The maximum Gasteiger partial charge on any atom is 0.226 e. The molecule has 0 unspecified atom stereocenters. The van der Waals surface area contributed by atoms with E-state index in [1.807, 2.05) is 31.2 Å². The zero-order valence-electron chi connectivity index (χ0n) is 15.2. The summed E-state index contributed by atoms with van der Waals surface area (Å²) < 4.78 is 3.14. The molecule has 1 aromatic carbocycles. The van der Waals surface area contributed by atoms with Gasteiger partial charge in [0.1, 0.15) is 0 Å². The van der Waals surface area contributed by atoms with E-state index < -0.39 is 0 Å². The molecule has 0 fully saturated rings. The lowest BCUT2D eigenvalue weighted by Gasteiger charge is -2.08. The quantitative estimate of drug-likeness (QED) is 0.715. The van der Waals surface area contributed by atoms with E-state index in [1.165, 1.54) is 22.6 Å². The third kappa shape index (κ3) is 4.07. The summed E-state index contributed by atoms with van der Waals surface area (Å²) in [5.41, 5.74) is 4.29. The number of benzene rings is 1. The molecule has 2 aromatic heterocycles. The average Bonchev–Trinajstić information content (AvgIpc) is 3.06. The van der Waals surface area contributed by atoms with Crippen LogP contribution in [0.2, 0.25) is 0 Å². The summed E-state index contributed by atoms with van der Waals surface area (Å²) in [7, 11) is 0. The van der Waals surface area contributed by atoms with Crippen LogP contribution in [0.15, 0.2) is 24.3 Å². The minimum Gasteiger partial charge on any atom is -0.302 e. The van der Waals surface area contributed by atoms with E-state index in [2.05, 4.69) is 40.9 Å². The number of anilines is 1. The Morgan fingerprint density at radius 2 is 2.04 bits per heavy atom. The molecule has 0 saturated carbocycles. The minimum absolute atomic E-state index is 0.00512. The molecule has 5 nitrogen and oxygen atoms in total. The molecular weight excluding hydrogens is 332 g/mol. The maximum atomic E-state index is 12.3. The molecule has 2 heterocycles. The first-order chi connectivity index (χ1) is 11.9. The van der Waals surface area contributed by atoms with Gasteiger partial charge in [-0.15, -0.1) is 0 Å². The highest BCUT2D eigenvalue weighted by molar-refractivity contribution is 7.22. The number of carbonyl (C=O) groups is 1. The number of nitrogens with zero attached hydrogens (tertiary/aromatic N) is 3. The highest BCUT2D eigenvalue weighted by Gasteiger charge is 2.14.